The standard InChI is InChI=1S/2C25H17N2.2CH3.2ClH.Si.Zr/c2*1-2-8-18(9-3-1)19-14-20-15-21(24-10-4-6-12-26-24)17-23(22(20)16-19)25-11-5-7-13-27-25;;;;;;/h2*1-17H;2*1H3;2*1H;;/q4*-1;;;;. The Morgan fingerprint density at radius 1 is 0.350 bits per heavy atom. The second-order valence-electron chi connectivity index (χ2n) is 13.1. The number of rotatable bonds is 6. The summed E-state index contributed by atoms with van der Waals surface area (Å²) in [4.78, 5) is 18.3. The van der Waals surface area contributed by atoms with Crippen LogP contribution in [0, 0.1) is 14.9 Å². The molecule has 10 rings (SSSR count). The molecule has 8 heteroatoms. The Morgan fingerprint density at radius 2 is 0.667 bits per heavy atom. The van der Waals surface area contributed by atoms with E-state index in [9.17, 15) is 0 Å². The minimum Gasteiger partial charge on any atom is -0.257 e. The van der Waals surface area contributed by atoms with Gasteiger partial charge in [0.1, 0.15) is 0 Å². The van der Waals surface area contributed by atoms with Crippen molar-refractivity contribution in [2.75, 3.05) is 0 Å². The second-order valence-corrected chi connectivity index (χ2v) is 13.1. The molecule has 6 aromatic carbocycles. The molecule has 2 radical (unpaired) electrons. The number of pyridine rings is 4. The first kappa shape index (κ1) is 47.1. The third-order valence-corrected chi connectivity index (χ3v) is 9.66. The third-order valence-electron chi connectivity index (χ3n) is 9.66. The molecule has 0 spiro atoms. The van der Waals surface area contributed by atoms with Crippen LogP contribution < -0.4 is 0 Å². The smallest absolute Gasteiger partial charge is 0.0627 e. The summed E-state index contributed by atoms with van der Waals surface area (Å²) in [6.45, 7) is 3.06. The van der Waals surface area contributed by atoms with E-state index >= 15 is 0 Å². The molecular weight excluding hydrogens is 871 g/mol. The first-order valence-corrected chi connectivity index (χ1v) is 22.5. The van der Waals surface area contributed by atoms with Crippen LogP contribution in [0.15, 0.2) is 207 Å². The van der Waals surface area contributed by atoms with Gasteiger partial charge in [0.05, 0.1) is 22.8 Å². The molecule has 10 aromatic rings. The Balaban J connectivity index is 0.000000239. The maximum Gasteiger partial charge on any atom is 0.0627 e. The van der Waals surface area contributed by atoms with E-state index in [2.05, 4.69) is 136 Å². The average Bonchev–Trinajstić information content (AvgIpc) is 3.94. The van der Waals surface area contributed by atoms with E-state index in [1.54, 1.807) is 0 Å². The van der Waals surface area contributed by atoms with E-state index < -0.39 is 0 Å². The number of benzene rings is 4. The molecule has 0 aliphatic rings. The summed E-state index contributed by atoms with van der Waals surface area (Å²) in [5.41, 5.74) is 13.3. The van der Waals surface area contributed by atoms with Crippen LogP contribution in [0.3, 0.4) is 0 Å². The van der Waals surface area contributed by atoms with E-state index in [0.717, 1.165) is 45.0 Å². The van der Waals surface area contributed by atoms with Crippen LogP contribution in [-0.2, 0) is 23.3 Å². The van der Waals surface area contributed by atoms with Crippen LogP contribution in [0.1, 0.15) is 0 Å². The zero-order chi connectivity index (χ0) is 38.1. The van der Waals surface area contributed by atoms with Crippen molar-refractivity contribution in [2.24, 2.45) is 0 Å². The van der Waals surface area contributed by atoms with Crippen molar-refractivity contribution in [3.8, 4) is 67.3 Å². The van der Waals surface area contributed by atoms with Gasteiger partial charge in [0.15, 0.2) is 0 Å². The Kier molecular flexibility index (Phi) is 17.8. The Morgan fingerprint density at radius 3 is 0.983 bits per heavy atom. The van der Waals surface area contributed by atoms with Gasteiger partial charge in [-0.2, -0.15) is 0 Å². The molecule has 4 heterocycles. The van der Waals surface area contributed by atoms with Crippen LogP contribution in [0.4, 0.5) is 0 Å². The van der Waals surface area contributed by atoms with Crippen LogP contribution in [0.2, 0.25) is 0 Å². The summed E-state index contributed by atoms with van der Waals surface area (Å²) in [5, 5.41) is 4.84. The molecule has 0 unspecified atom stereocenters. The molecule has 0 bridgehead atoms. The second kappa shape index (κ2) is 22.7. The van der Waals surface area contributed by atoms with Crippen molar-refractivity contribution in [2.45, 2.75) is 0 Å². The molecule has 0 aliphatic heterocycles. The van der Waals surface area contributed by atoms with Gasteiger partial charge >= 0.3 is 30.2 Å². The molecule has 4 nitrogen and oxygen atoms in total. The fraction of sp³-hybridized carbons (Fsp3) is 0. The summed E-state index contributed by atoms with van der Waals surface area (Å²) < 4.78 is 0. The maximum absolute atomic E-state index is 4.60. The van der Waals surface area contributed by atoms with E-state index in [1.807, 2.05) is 97.6 Å². The third kappa shape index (κ3) is 10.6. The number of halogens is 2. The quantitative estimate of drug-likeness (QED) is 0.123. The zero-order valence-corrected chi connectivity index (χ0v) is 38.3. The van der Waals surface area contributed by atoms with Crippen molar-refractivity contribution in [1.29, 1.82) is 0 Å². The molecule has 60 heavy (non-hydrogen) atoms. The molecule has 0 saturated heterocycles. The van der Waals surface area contributed by atoms with Gasteiger partial charge in [-0.15, -0.1) is 93.9 Å². The molecule has 4 aromatic heterocycles. The van der Waals surface area contributed by atoms with Gasteiger partial charge in [-0.3, -0.25) is 19.9 Å². The summed E-state index contributed by atoms with van der Waals surface area (Å²) in [5.74, 6) is 0. The maximum atomic E-state index is 4.60. The SMILES string of the molecule is Cl.Cl.[CH3-].[CH3-].[Si]=[Zr].c1ccc(-c2cc3c(-c4ccccn4)cc(-c4ccccn4)cc3[cH-]2)cc1.c1ccc(-c2cc3c(-c4ccccn4)cc(-c4ccccn4)cc3[cH-]2)cc1. The van der Waals surface area contributed by atoms with Crippen molar-refractivity contribution in [3.05, 3.63) is 222 Å². The fourth-order valence-corrected chi connectivity index (χ4v) is 7.07. The minimum atomic E-state index is 0. The van der Waals surface area contributed by atoms with Crippen molar-refractivity contribution >= 4 is 53.2 Å². The summed E-state index contributed by atoms with van der Waals surface area (Å²) in [6, 6.07) is 62.9. The Labute approximate surface area is 382 Å². The predicted molar refractivity (Wildman–Crippen MR) is 256 cm³/mol. The number of hydrogen-bond acceptors (Lipinski definition) is 4. The van der Waals surface area contributed by atoms with Crippen molar-refractivity contribution < 1.29 is 23.3 Å². The summed E-state index contributed by atoms with van der Waals surface area (Å²) in [7, 11) is 0. The van der Waals surface area contributed by atoms with Gasteiger partial charge in [0.25, 0.3) is 0 Å². The largest absolute Gasteiger partial charge is 0.257 e. The molecular formula is C52H42Cl2N4SiZr-4. The topological polar surface area (TPSA) is 51.6 Å². The van der Waals surface area contributed by atoms with Crippen LogP contribution >= 0.6 is 24.8 Å². The first-order valence-electron chi connectivity index (χ1n) is 18.3. The van der Waals surface area contributed by atoms with Gasteiger partial charge < -0.3 is 14.9 Å². The molecule has 0 aliphatic carbocycles. The van der Waals surface area contributed by atoms with Crippen LogP contribution in [0.25, 0.3) is 88.8 Å². The molecule has 296 valence electrons. The molecule has 0 atom stereocenters. The van der Waals surface area contributed by atoms with Crippen molar-refractivity contribution in [3.63, 3.8) is 0 Å². The van der Waals surface area contributed by atoms with E-state index in [0.29, 0.717) is 0 Å². The van der Waals surface area contributed by atoms with E-state index in [4.69, 9.17) is 0 Å². The number of aromatic nitrogens is 4. The minimum absolute atomic E-state index is 0. The van der Waals surface area contributed by atoms with Crippen LogP contribution in [-0.4, -0.2) is 26.8 Å². The Bertz CT molecular complexity index is 2620. The Hall–Kier alpha value is -5.62. The monoisotopic (exact) mass is 910 g/mol. The molecule has 0 amide bonds. The van der Waals surface area contributed by atoms with Gasteiger partial charge in [0, 0.05) is 24.8 Å². The average molecular weight is 913 g/mol. The zero-order valence-electron chi connectivity index (χ0n) is 33.2. The van der Waals surface area contributed by atoms with E-state index in [-0.39, 0.29) is 39.7 Å². The number of fused-ring (bicyclic) bond motifs is 2. The van der Waals surface area contributed by atoms with Gasteiger partial charge in [-0.25, -0.2) is 0 Å². The fourth-order valence-electron chi connectivity index (χ4n) is 7.07. The molecule has 0 saturated carbocycles. The predicted octanol–water partition coefficient (Wildman–Crippen LogP) is 14.1. The number of hydrogen-bond donors (Lipinski definition) is 0. The van der Waals surface area contributed by atoms with Gasteiger partial charge in [-0.05, 0) is 70.8 Å². The van der Waals surface area contributed by atoms with E-state index in [1.165, 1.54) is 67.1 Å². The molecule has 0 N–H and O–H groups in total. The van der Waals surface area contributed by atoms with Gasteiger partial charge in [-0.1, -0.05) is 108 Å². The summed E-state index contributed by atoms with van der Waals surface area (Å²) >= 11 is 1.36. The normalized spacial score (nSPS) is 9.92. The van der Waals surface area contributed by atoms with Gasteiger partial charge in [0.2, 0.25) is 0 Å². The summed E-state index contributed by atoms with van der Waals surface area (Å²) in [6.07, 6.45) is 7.35. The first-order chi connectivity index (χ1) is 27.8. The number of nitrogens with zero attached hydrogens (tertiary/aromatic N) is 4. The van der Waals surface area contributed by atoms with Crippen LogP contribution in [0.5, 0.6) is 0 Å². The molecule has 0 fully saturated rings. The van der Waals surface area contributed by atoms with Crippen molar-refractivity contribution in [1.82, 2.24) is 19.9 Å².